The molecule has 0 bridgehead atoms. The second-order valence-electron chi connectivity index (χ2n) is 5.09. The number of fused-ring (bicyclic) bond motifs is 1. The molecule has 0 aromatic carbocycles. The van der Waals surface area contributed by atoms with Crippen LogP contribution in [-0.4, -0.2) is 32.7 Å². The van der Waals surface area contributed by atoms with E-state index in [0.29, 0.717) is 27.5 Å². The molecule has 0 spiro atoms. The molecule has 3 heterocycles. The van der Waals surface area contributed by atoms with E-state index in [1.54, 1.807) is 0 Å². The van der Waals surface area contributed by atoms with Crippen LogP contribution in [0, 0.1) is 6.92 Å². The number of aliphatic hydroxyl groups is 1. The van der Waals surface area contributed by atoms with E-state index in [1.807, 2.05) is 26.0 Å². The lowest BCUT2D eigenvalue weighted by Gasteiger charge is -2.12. The highest BCUT2D eigenvalue weighted by Crippen LogP contribution is 2.31. The van der Waals surface area contributed by atoms with Crippen molar-refractivity contribution in [1.82, 2.24) is 15.0 Å². The summed E-state index contributed by atoms with van der Waals surface area (Å²) in [5.41, 5.74) is 6.34. The minimum atomic E-state index is -0.123. The van der Waals surface area contributed by atoms with Gasteiger partial charge < -0.3 is 20.6 Å². The molecule has 122 valence electrons. The lowest BCUT2D eigenvalue weighted by Crippen LogP contribution is -2.20. The molecule has 0 aliphatic heterocycles. The van der Waals surface area contributed by atoms with Crippen molar-refractivity contribution < 1.29 is 9.52 Å². The highest BCUT2D eigenvalue weighted by molar-refractivity contribution is 7.98. The number of aryl methyl sites for hydroxylation is 1. The van der Waals surface area contributed by atoms with Gasteiger partial charge in [-0.15, -0.1) is 0 Å². The first-order valence-corrected chi connectivity index (χ1v) is 8.85. The summed E-state index contributed by atoms with van der Waals surface area (Å²) in [4.78, 5) is 13.2. The number of hydrogen-bond acceptors (Lipinski definition) is 9. The number of anilines is 2. The highest BCUT2D eigenvalue weighted by atomic mass is 32.2. The lowest BCUT2D eigenvalue weighted by atomic mass is 10.3. The van der Waals surface area contributed by atoms with Crippen LogP contribution in [0.15, 0.2) is 21.7 Å². The number of thiazole rings is 1. The second-order valence-corrected chi connectivity index (χ2v) is 7.06. The van der Waals surface area contributed by atoms with Gasteiger partial charge in [0.25, 0.3) is 0 Å². The normalized spacial score (nSPS) is 12.7. The number of thioether (sulfide) groups is 1. The van der Waals surface area contributed by atoms with Crippen LogP contribution in [0.25, 0.3) is 10.3 Å². The van der Waals surface area contributed by atoms with Gasteiger partial charge >= 0.3 is 0 Å². The standard InChI is InChI=1S/C14H17N5O2S2/c1-7(5-20)16-11-10-12(17-13(15)23-10)19-14(18-11)22-6-9-4-3-8(2)21-9/h3-4,7,20H,5-6H2,1-2H3,(H3,15,16,17,18,19). The molecule has 3 aromatic rings. The first-order chi connectivity index (χ1) is 11.0. The van der Waals surface area contributed by atoms with E-state index < -0.39 is 0 Å². The van der Waals surface area contributed by atoms with Crippen molar-refractivity contribution in [2.24, 2.45) is 0 Å². The molecule has 0 aliphatic rings. The molecule has 1 unspecified atom stereocenters. The fourth-order valence-electron chi connectivity index (χ4n) is 1.96. The van der Waals surface area contributed by atoms with Crippen molar-refractivity contribution in [1.29, 1.82) is 0 Å². The average molecular weight is 351 g/mol. The van der Waals surface area contributed by atoms with E-state index in [1.165, 1.54) is 23.1 Å². The van der Waals surface area contributed by atoms with E-state index in [2.05, 4.69) is 20.3 Å². The fraction of sp³-hybridized carbons (Fsp3) is 0.357. The van der Waals surface area contributed by atoms with Gasteiger partial charge in [-0.25, -0.2) is 15.0 Å². The third-order valence-corrected chi connectivity index (χ3v) is 4.80. The van der Waals surface area contributed by atoms with Gasteiger partial charge in [0.05, 0.1) is 12.4 Å². The molecule has 23 heavy (non-hydrogen) atoms. The number of aromatic nitrogens is 3. The quantitative estimate of drug-likeness (QED) is 0.459. The summed E-state index contributed by atoms with van der Waals surface area (Å²) < 4.78 is 6.34. The van der Waals surface area contributed by atoms with Gasteiger partial charge in [-0.05, 0) is 26.0 Å². The Kier molecular flexibility index (Phi) is 4.69. The minimum absolute atomic E-state index is 0.00787. The first-order valence-electron chi connectivity index (χ1n) is 7.04. The van der Waals surface area contributed by atoms with Crippen LogP contribution >= 0.6 is 23.1 Å². The van der Waals surface area contributed by atoms with Crippen molar-refractivity contribution >= 4 is 44.4 Å². The van der Waals surface area contributed by atoms with Gasteiger partial charge in [-0.3, -0.25) is 0 Å². The number of nitrogens with zero attached hydrogens (tertiary/aromatic N) is 3. The zero-order valence-electron chi connectivity index (χ0n) is 12.7. The summed E-state index contributed by atoms with van der Waals surface area (Å²) in [5.74, 6) is 3.02. The van der Waals surface area contributed by atoms with Gasteiger partial charge in [0.1, 0.15) is 16.2 Å². The van der Waals surface area contributed by atoms with Crippen LogP contribution in [0.3, 0.4) is 0 Å². The summed E-state index contributed by atoms with van der Waals surface area (Å²) in [7, 11) is 0. The third-order valence-electron chi connectivity index (χ3n) is 3.05. The van der Waals surface area contributed by atoms with Crippen molar-refractivity contribution in [3.8, 4) is 0 Å². The van der Waals surface area contributed by atoms with Crippen LogP contribution in [-0.2, 0) is 5.75 Å². The van der Waals surface area contributed by atoms with Gasteiger partial charge in [0.15, 0.2) is 21.8 Å². The number of furan rings is 1. The Bertz CT molecular complexity index is 817. The van der Waals surface area contributed by atoms with E-state index >= 15 is 0 Å². The summed E-state index contributed by atoms with van der Waals surface area (Å²) in [6.07, 6.45) is 0. The molecule has 0 fully saturated rings. The van der Waals surface area contributed by atoms with Gasteiger partial charge in [-0.1, -0.05) is 23.1 Å². The highest BCUT2D eigenvalue weighted by Gasteiger charge is 2.15. The maximum absolute atomic E-state index is 9.24. The predicted molar refractivity (Wildman–Crippen MR) is 92.8 cm³/mol. The van der Waals surface area contributed by atoms with E-state index in [-0.39, 0.29) is 12.6 Å². The number of nitrogens with two attached hydrogens (primary N) is 1. The average Bonchev–Trinajstić information content (AvgIpc) is 3.10. The smallest absolute Gasteiger partial charge is 0.192 e. The molecule has 9 heteroatoms. The first kappa shape index (κ1) is 16.0. The Labute approximate surface area is 141 Å². The molecular weight excluding hydrogens is 334 g/mol. The lowest BCUT2D eigenvalue weighted by molar-refractivity contribution is 0.281. The molecule has 7 nitrogen and oxygen atoms in total. The Hall–Kier alpha value is -1.84. The molecule has 0 aliphatic carbocycles. The van der Waals surface area contributed by atoms with E-state index in [0.717, 1.165) is 16.2 Å². The van der Waals surface area contributed by atoms with Crippen LogP contribution < -0.4 is 11.1 Å². The number of rotatable bonds is 6. The predicted octanol–water partition coefficient (Wildman–Crippen LogP) is 2.65. The van der Waals surface area contributed by atoms with E-state index in [9.17, 15) is 5.11 Å². The molecule has 0 radical (unpaired) electrons. The molecular formula is C14H17N5O2S2. The van der Waals surface area contributed by atoms with Crippen molar-refractivity contribution in [3.63, 3.8) is 0 Å². The number of nitrogen functional groups attached to an aromatic ring is 1. The van der Waals surface area contributed by atoms with Crippen LogP contribution in [0.1, 0.15) is 18.4 Å². The van der Waals surface area contributed by atoms with Crippen molar-refractivity contribution in [2.75, 3.05) is 17.7 Å². The SMILES string of the molecule is Cc1ccc(CSc2nc(NC(C)CO)c3sc(N)nc3n2)o1. The van der Waals surface area contributed by atoms with E-state index in [4.69, 9.17) is 10.2 Å². The molecule has 1 atom stereocenters. The maximum Gasteiger partial charge on any atom is 0.192 e. The Morgan fingerprint density at radius 3 is 2.91 bits per heavy atom. The van der Waals surface area contributed by atoms with Gasteiger partial charge in [-0.2, -0.15) is 0 Å². The summed E-state index contributed by atoms with van der Waals surface area (Å²) in [6, 6.07) is 3.74. The topological polar surface area (TPSA) is 110 Å². The van der Waals surface area contributed by atoms with Crippen molar-refractivity contribution in [3.05, 3.63) is 23.7 Å². The van der Waals surface area contributed by atoms with Crippen LogP contribution in [0.2, 0.25) is 0 Å². The largest absolute Gasteiger partial charge is 0.465 e. The monoisotopic (exact) mass is 351 g/mol. The summed E-state index contributed by atoms with van der Waals surface area (Å²) in [6.45, 7) is 3.79. The summed E-state index contributed by atoms with van der Waals surface area (Å²) >= 11 is 2.79. The number of hydrogen-bond donors (Lipinski definition) is 3. The zero-order chi connectivity index (χ0) is 16.4. The molecule has 0 saturated heterocycles. The van der Waals surface area contributed by atoms with Crippen molar-refractivity contribution in [2.45, 2.75) is 30.8 Å². The number of aliphatic hydroxyl groups excluding tert-OH is 1. The van der Waals surface area contributed by atoms with Crippen LogP contribution in [0.4, 0.5) is 10.9 Å². The molecule has 0 saturated carbocycles. The Morgan fingerprint density at radius 1 is 1.39 bits per heavy atom. The maximum atomic E-state index is 9.24. The molecule has 0 amide bonds. The zero-order valence-corrected chi connectivity index (χ0v) is 14.4. The minimum Gasteiger partial charge on any atom is -0.465 e. The summed E-state index contributed by atoms with van der Waals surface area (Å²) in [5, 5.41) is 13.4. The second kappa shape index (κ2) is 6.73. The van der Waals surface area contributed by atoms with Gasteiger partial charge in [0, 0.05) is 6.04 Å². The third kappa shape index (κ3) is 3.74. The van der Waals surface area contributed by atoms with Crippen LogP contribution in [0.5, 0.6) is 0 Å². The Morgan fingerprint density at radius 2 is 2.22 bits per heavy atom. The fourth-order valence-corrected chi connectivity index (χ4v) is 3.42. The Balaban J connectivity index is 1.87. The molecule has 3 aromatic heterocycles. The number of nitrogens with one attached hydrogen (secondary N) is 1. The van der Waals surface area contributed by atoms with Gasteiger partial charge in [0.2, 0.25) is 0 Å². The molecule has 4 N–H and O–H groups in total. The molecule has 3 rings (SSSR count).